The van der Waals surface area contributed by atoms with Gasteiger partial charge in [0.2, 0.25) is 0 Å². The summed E-state index contributed by atoms with van der Waals surface area (Å²) in [6.45, 7) is 0. The van der Waals surface area contributed by atoms with Crippen LogP contribution in [0, 0.1) is 0 Å². The van der Waals surface area contributed by atoms with Crippen molar-refractivity contribution in [1.29, 1.82) is 0 Å². The summed E-state index contributed by atoms with van der Waals surface area (Å²) in [4.78, 5) is 0. The van der Waals surface area contributed by atoms with Gasteiger partial charge < -0.3 is 9.13 Å². The molecule has 0 saturated carbocycles. The Kier molecular flexibility index (Phi) is 5.54. The van der Waals surface area contributed by atoms with Crippen LogP contribution in [0.3, 0.4) is 0 Å². The van der Waals surface area contributed by atoms with Crippen LogP contribution in [-0.2, 0) is 0 Å². The van der Waals surface area contributed by atoms with Crippen molar-refractivity contribution >= 4 is 43.6 Å². The van der Waals surface area contributed by atoms with Gasteiger partial charge in [-0.15, -0.1) is 0 Å². The lowest BCUT2D eigenvalue weighted by molar-refractivity contribution is 1.16. The first-order valence-electron chi connectivity index (χ1n) is 15.1. The molecule has 0 aliphatic heterocycles. The Labute approximate surface area is 255 Å². The Morgan fingerprint density at radius 2 is 0.682 bits per heavy atom. The zero-order chi connectivity index (χ0) is 29.0. The molecule has 0 fully saturated rings. The molecule has 206 valence electrons. The van der Waals surface area contributed by atoms with Crippen molar-refractivity contribution in [1.82, 2.24) is 9.13 Å². The molecule has 0 N–H and O–H groups in total. The van der Waals surface area contributed by atoms with Gasteiger partial charge in [-0.1, -0.05) is 127 Å². The van der Waals surface area contributed by atoms with Crippen LogP contribution in [-0.4, -0.2) is 9.13 Å². The minimum Gasteiger partial charge on any atom is -0.309 e. The fourth-order valence-corrected chi connectivity index (χ4v) is 7.02. The third-order valence-corrected chi connectivity index (χ3v) is 8.94. The average Bonchev–Trinajstić information content (AvgIpc) is 3.61. The van der Waals surface area contributed by atoms with E-state index < -0.39 is 0 Å². The summed E-state index contributed by atoms with van der Waals surface area (Å²) < 4.78 is 4.87. The molecule has 2 heteroatoms. The first kappa shape index (κ1) is 24.7. The fourth-order valence-electron chi connectivity index (χ4n) is 7.02. The van der Waals surface area contributed by atoms with Crippen LogP contribution in [0.4, 0.5) is 0 Å². The van der Waals surface area contributed by atoms with Gasteiger partial charge in [-0.25, -0.2) is 0 Å². The lowest BCUT2D eigenvalue weighted by Crippen LogP contribution is -2.01. The molecule has 2 nitrogen and oxygen atoms in total. The third-order valence-electron chi connectivity index (χ3n) is 8.94. The van der Waals surface area contributed by atoms with Gasteiger partial charge >= 0.3 is 0 Å². The number of fused-ring (bicyclic) bond motifs is 6. The monoisotopic (exact) mass is 560 g/mol. The van der Waals surface area contributed by atoms with Crippen LogP contribution in [0.2, 0.25) is 0 Å². The van der Waals surface area contributed by atoms with E-state index in [2.05, 4.69) is 179 Å². The van der Waals surface area contributed by atoms with E-state index in [4.69, 9.17) is 0 Å². The summed E-state index contributed by atoms with van der Waals surface area (Å²) in [7, 11) is 0. The number of benzene rings is 7. The van der Waals surface area contributed by atoms with Crippen molar-refractivity contribution in [2.45, 2.75) is 0 Å². The summed E-state index contributed by atoms with van der Waals surface area (Å²) in [5.41, 5.74) is 12.0. The molecule has 0 amide bonds. The molecular weight excluding hydrogens is 532 g/mol. The van der Waals surface area contributed by atoms with Crippen LogP contribution in [0.1, 0.15) is 0 Å². The summed E-state index contributed by atoms with van der Waals surface area (Å²) in [6.07, 6.45) is 0. The molecular formula is C42H28N2. The number of hydrogen-bond donors (Lipinski definition) is 0. The summed E-state index contributed by atoms with van der Waals surface area (Å²) in [5, 5.41) is 5.05. The minimum absolute atomic E-state index is 1.17. The molecule has 0 aliphatic carbocycles. The molecule has 44 heavy (non-hydrogen) atoms. The molecule has 0 unspecified atom stereocenters. The summed E-state index contributed by atoms with van der Waals surface area (Å²) in [6, 6.07) is 61.4. The molecule has 2 aromatic heterocycles. The molecule has 0 atom stereocenters. The Morgan fingerprint density at radius 1 is 0.273 bits per heavy atom. The maximum Gasteiger partial charge on any atom is 0.0541 e. The highest BCUT2D eigenvalue weighted by molar-refractivity contribution is 6.12. The average molecular weight is 561 g/mol. The van der Waals surface area contributed by atoms with Crippen LogP contribution in [0.5, 0.6) is 0 Å². The lowest BCUT2D eigenvalue weighted by Gasteiger charge is -2.18. The largest absolute Gasteiger partial charge is 0.309 e. The lowest BCUT2D eigenvalue weighted by atomic mass is 10.0. The number of hydrogen-bond acceptors (Lipinski definition) is 0. The Balaban J connectivity index is 1.32. The maximum absolute atomic E-state index is 2.44. The Hall–Kier alpha value is -5.86. The second kappa shape index (κ2) is 9.86. The Bertz CT molecular complexity index is 2440. The SMILES string of the molecule is c1ccc(-c2ccc3c(c2)c2ccccc2n3-c2ccccc2-c2ccccc2-n2c3ccccc3c3ccccc32)cc1. The van der Waals surface area contributed by atoms with Gasteiger partial charge in [0.25, 0.3) is 0 Å². The normalized spacial score (nSPS) is 11.6. The highest BCUT2D eigenvalue weighted by atomic mass is 15.0. The summed E-state index contributed by atoms with van der Waals surface area (Å²) in [5.74, 6) is 0. The molecule has 0 spiro atoms. The first-order valence-corrected chi connectivity index (χ1v) is 15.1. The molecule has 0 bridgehead atoms. The zero-order valence-electron chi connectivity index (χ0n) is 24.1. The van der Waals surface area contributed by atoms with Crippen molar-refractivity contribution in [3.05, 3.63) is 170 Å². The fraction of sp³-hybridized carbons (Fsp3) is 0. The molecule has 0 aliphatic rings. The maximum atomic E-state index is 2.44. The van der Waals surface area contributed by atoms with Crippen LogP contribution < -0.4 is 0 Å². The van der Waals surface area contributed by atoms with Gasteiger partial charge in [0.05, 0.1) is 33.4 Å². The molecule has 7 aromatic carbocycles. The van der Waals surface area contributed by atoms with Gasteiger partial charge in [0.15, 0.2) is 0 Å². The van der Waals surface area contributed by atoms with Crippen LogP contribution in [0.25, 0.3) is 77.2 Å². The zero-order valence-corrected chi connectivity index (χ0v) is 24.1. The second-order valence-electron chi connectivity index (χ2n) is 11.4. The van der Waals surface area contributed by atoms with E-state index in [9.17, 15) is 0 Å². The van der Waals surface area contributed by atoms with E-state index in [1.807, 2.05) is 0 Å². The van der Waals surface area contributed by atoms with Crippen molar-refractivity contribution < 1.29 is 0 Å². The molecule has 9 aromatic rings. The highest BCUT2D eigenvalue weighted by Gasteiger charge is 2.19. The van der Waals surface area contributed by atoms with Gasteiger partial charge in [-0.2, -0.15) is 0 Å². The molecule has 0 saturated heterocycles. The standard InChI is InChI=1S/C42H28N2/c1-2-14-29(15-3-1)30-26-27-42-36(28-30)35-20-8-13-25-41(35)44(42)40-24-12-7-19-34(40)33-18-6-11-23-39(33)43-37-21-9-4-16-31(37)32-17-5-10-22-38(32)43/h1-28H. The van der Waals surface area contributed by atoms with Gasteiger partial charge in [0, 0.05) is 32.7 Å². The predicted molar refractivity (Wildman–Crippen MR) is 186 cm³/mol. The van der Waals surface area contributed by atoms with Crippen molar-refractivity contribution in [2.24, 2.45) is 0 Å². The number of aromatic nitrogens is 2. The Morgan fingerprint density at radius 3 is 1.23 bits per heavy atom. The molecule has 2 heterocycles. The van der Waals surface area contributed by atoms with Gasteiger partial charge in [-0.3, -0.25) is 0 Å². The first-order chi connectivity index (χ1) is 21.9. The number of nitrogens with zero attached hydrogens (tertiary/aromatic N) is 2. The number of rotatable bonds is 4. The van der Waals surface area contributed by atoms with E-state index in [0.29, 0.717) is 0 Å². The van der Waals surface area contributed by atoms with Gasteiger partial charge in [0.1, 0.15) is 0 Å². The van der Waals surface area contributed by atoms with Crippen molar-refractivity contribution in [2.75, 3.05) is 0 Å². The molecule has 0 radical (unpaired) electrons. The van der Waals surface area contributed by atoms with E-state index in [0.717, 1.165) is 0 Å². The predicted octanol–water partition coefficient (Wildman–Crippen LogP) is 11.2. The quantitative estimate of drug-likeness (QED) is 0.203. The topological polar surface area (TPSA) is 9.86 Å². The smallest absolute Gasteiger partial charge is 0.0541 e. The minimum atomic E-state index is 1.17. The van der Waals surface area contributed by atoms with E-state index in [1.54, 1.807) is 0 Å². The van der Waals surface area contributed by atoms with Crippen molar-refractivity contribution in [3.8, 4) is 33.6 Å². The number of para-hydroxylation sites is 5. The van der Waals surface area contributed by atoms with Crippen molar-refractivity contribution in [3.63, 3.8) is 0 Å². The summed E-state index contributed by atoms with van der Waals surface area (Å²) >= 11 is 0. The van der Waals surface area contributed by atoms with E-state index >= 15 is 0 Å². The van der Waals surface area contributed by atoms with Crippen LogP contribution >= 0.6 is 0 Å². The third kappa shape index (κ3) is 3.68. The van der Waals surface area contributed by atoms with E-state index in [1.165, 1.54) is 77.2 Å². The molecule has 9 rings (SSSR count). The van der Waals surface area contributed by atoms with Crippen LogP contribution in [0.15, 0.2) is 170 Å². The van der Waals surface area contributed by atoms with Gasteiger partial charge in [-0.05, 0) is 53.6 Å². The second-order valence-corrected chi connectivity index (χ2v) is 11.4. The highest BCUT2D eigenvalue weighted by Crippen LogP contribution is 2.41. The van der Waals surface area contributed by atoms with E-state index in [-0.39, 0.29) is 0 Å².